The van der Waals surface area contributed by atoms with Gasteiger partial charge in [-0.3, -0.25) is 0 Å². The Bertz CT molecular complexity index is 563. The Morgan fingerprint density at radius 1 is 1.00 bits per heavy atom. The molecule has 0 radical (unpaired) electrons. The Labute approximate surface area is 120 Å². The molecule has 0 fully saturated rings. The lowest BCUT2D eigenvalue weighted by Crippen LogP contribution is -2.14. The maximum absolute atomic E-state index is 14.1. The monoisotopic (exact) mass is 271 g/mol. The summed E-state index contributed by atoms with van der Waals surface area (Å²) >= 11 is 0. The summed E-state index contributed by atoms with van der Waals surface area (Å²) < 4.78 is 14.1. The third-order valence-corrected chi connectivity index (χ3v) is 3.46. The highest BCUT2D eigenvalue weighted by Crippen LogP contribution is 2.23. The van der Waals surface area contributed by atoms with Gasteiger partial charge in [0.1, 0.15) is 5.82 Å². The van der Waals surface area contributed by atoms with Crippen molar-refractivity contribution in [1.29, 1.82) is 0 Å². The van der Waals surface area contributed by atoms with Crippen LogP contribution in [0.4, 0.5) is 4.39 Å². The Hall–Kier alpha value is -1.67. The van der Waals surface area contributed by atoms with Gasteiger partial charge in [-0.15, -0.1) is 0 Å². The molecule has 0 heterocycles. The minimum atomic E-state index is -0.131. The molecule has 0 aliphatic heterocycles. The Morgan fingerprint density at radius 2 is 1.80 bits per heavy atom. The summed E-state index contributed by atoms with van der Waals surface area (Å²) in [6.45, 7) is 5.74. The van der Waals surface area contributed by atoms with Gasteiger partial charge in [-0.25, -0.2) is 4.39 Å². The van der Waals surface area contributed by atoms with Gasteiger partial charge in [0.05, 0.1) is 0 Å². The molecule has 2 heteroatoms. The quantitative estimate of drug-likeness (QED) is 0.760. The summed E-state index contributed by atoms with van der Waals surface area (Å²) in [5, 5.41) is 3.23. The molecular weight excluding hydrogens is 249 g/mol. The van der Waals surface area contributed by atoms with Crippen molar-refractivity contribution in [2.24, 2.45) is 0 Å². The number of nitrogens with one attached hydrogen (secondary N) is 1. The van der Waals surface area contributed by atoms with Crippen LogP contribution in [0.5, 0.6) is 0 Å². The maximum atomic E-state index is 14.1. The summed E-state index contributed by atoms with van der Waals surface area (Å²) in [7, 11) is 0. The van der Waals surface area contributed by atoms with Crippen molar-refractivity contribution in [1.82, 2.24) is 5.32 Å². The van der Waals surface area contributed by atoms with Crippen LogP contribution in [-0.4, -0.2) is 6.54 Å². The van der Waals surface area contributed by atoms with E-state index in [1.807, 2.05) is 24.3 Å². The first-order valence-electron chi connectivity index (χ1n) is 7.33. The van der Waals surface area contributed by atoms with Crippen molar-refractivity contribution < 1.29 is 4.39 Å². The zero-order valence-corrected chi connectivity index (χ0v) is 12.2. The van der Waals surface area contributed by atoms with E-state index in [0.29, 0.717) is 6.54 Å². The molecule has 0 atom stereocenters. The molecule has 0 spiro atoms. The standard InChI is InChI=1S/C18H22FN/c1-3-10-20-13-17-9-8-16(12-18(17)19)15-7-5-6-14(4-2)11-15/h5-9,11-12,20H,3-4,10,13H2,1-2H3. The van der Waals surface area contributed by atoms with Crippen molar-refractivity contribution in [2.45, 2.75) is 33.2 Å². The van der Waals surface area contributed by atoms with Crippen molar-refractivity contribution in [3.63, 3.8) is 0 Å². The molecule has 0 saturated carbocycles. The third kappa shape index (κ3) is 3.67. The highest BCUT2D eigenvalue weighted by atomic mass is 19.1. The topological polar surface area (TPSA) is 12.0 Å². The third-order valence-electron chi connectivity index (χ3n) is 3.46. The van der Waals surface area contributed by atoms with Crippen molar-refractivity contribution in [3.8, 4) is 11.1 Å². The Kier molecular flexibility index (Phi) is 5.31. The first-order chi connectivity index (χ1) is 9.74. The minimum Gasteiger partial charge on any atom is -0.313 e. The molecular formula is C18H22FN. The fourth-order valence-electron chi connectivity index (χ4n) is 2.24. The van der Waals surface area contributed by atoms with Gasteiger partial charge in [0.2, 0.25) is 0 Å². The van der Waals surface area contributed by atoms with Gasteiger partial charge in [-0.1, -0.05) is 50.2 Å². The highest BCUT2D eigenvalue weighted by molar-refractivity contribution is 5.64. The number of benzene rings is 2. The van der Waals surface area contributed by atoms with E-state index in [0.717, 1.165) is 36.1 Å². The molecule has 0 aromatic heterocycles. The molecule has 0 unspecified atom stereocenters. The lowest BCUT2D eigenvalue weighted by Gasteiger charge is -2.08. The Balaban J connectivity index is 2.19. The second-order valence-electron chi connectivity index (χ2n) is 5.04. The first kappa shape index (κ1) is 14.7. The molecule has 0 aliphatic carbocycles. The molecule has 0 aliphatic rings. The highest BCUT2D eigenvalue weighted by Gasteiger charge is 2.05. The van der Waals surface area contributed by atoms with Crippen LogP contribution < -0.4 is 5.32 Å². The van der Waals surface area contributed by atoms with Crippen LogP contribution in [0.25, 0.3) is 11.1 Å². The number of hydrogen-bond acceptors (Lipinski definition) is 1. The van der Waals surface area contributed by atoms with Gasteiger partial charge in [-0.05, 0) is 42.1 Å². The van der Waals surface area contributed by atoms with E-state index in [1.54, 1.807) is 6.07 Å². The lowest BCUT2D eigenvalue weighted by molar-refractivity contribution is 0.587. The number of rotatable bonds is 6. The maximum Gasteiger partial charge on any atom is 0.128 e. The second kappa shape index (κ2) is 7.20. The molecule has 2 aromatic carbocycles. The molecule has 0 amide bonds. The van der Waals surface area contributed by atoms with E-state index in [9.17, 15) is 4.39 Å². The molecule has 1 N–H and O–H groups in total. The van der Waals surface area contributed by atoms with E-state index >= 15 is 0 Å². The molecule has 106 valence electrons. The van der Waals surface area contributed by atoms with Crippen LogP contribution in [-0.2, 0) is 13.0 Å². The van der Waals surface area contributed by atoms with Gasteiger partial charge in [0.15, 0.2) is 0 Å². The molecule has 1 nitrogen and oxygen atoms in total. The predicted octanol–water partition coefficient (Wildman–Crippen LogP) is 4.55. The lowest BCUT2D eigenvalue weighted by atomic mass is 10.0. The van der Waals surface area contributed by atoms with Crippen LogP contribution >= 0.6 is 0 Å². The number of aryl methyl sites for hydroxylation is 1. The van der Waals surface area contributed by atoms with Gasteiger partial charge in [0, 0.05) is 12.1 Å². The molecule has 20 heavy (non-hydrogen) atoms. The first-order valence-corrected chi connectivity index (χ1v) is 7.33. The largest absolute Gasteiger partial charge is 0.313 e. The SMILES string of the molecule is CCCNCc1ccc(-c2cccc(CC)c2)cc1F. The normalized spacial score (nSPS) is 10.8. The zero-order chi connectivity index (χ0) is 14.4. The van der Waals surface area contributed by atoms with Crippen LogP contribution in [0.15, 0.2) is 42.5 Å². The number of hydrogen-bond donors (Lipinski definition) is 1. The van der Waals surface area contributed by atoms with E-state index in [1.165, 1.54) is 5.56 Å². The van der Waals surface area contributed by atoms with E-state index in [4.69, 9.17) is 0 Å². The van der Waals surface area contributed by atoms with E-state index in [-0.39, 0.29) is 5.82 Å². The van der Waals surface area contributed by atoms with Crippen LogP contribution in [0, 0.1) is 5.82 Å². The van der Waals surface area contributed by atoms with Crippen LogP contribution in [0.2, 0.25) is 0 Å². The number of halogens is 1. The van der Waals surface area contributed by atoms with Crippen molar-refractivity contribution in [3.05, 3.63) is 59.4 Å². The van der Waals surface area contributed by atoms with E-state index in [2.05, 4.69) is 31.3 Å². The average Bonchev–Trinajstić information content (AvgIpc) is 2.49. The molecule has 2 rings (SSSR count). The van der Waals surface area contributed by atoms with Crippen LogP contribution in [0.1, 0.15) is 31.4 Å². The minimum absolute atomic E-state index is 0.131. The van der Waals surface area contributed by atoms with Crippen molar-refractivity contribution >= 4 is 0 Å². The summed E-state index contributed by atoms with van der Waals surface area (Å²) in [6, 6.07) is 13.8. The van der Waals surface area contributed by atoms with Gasteiger partial charge in [-0.2, -0.15) is 0 Å². The van der Waals surface area contributed by atoms with E-state index < -0.39 is 0 Å². The second-order valence-corrected chi connectivity index (χ2v) is 5.04. The summed E-state index contributed by atoms with van der Waals surface area (Å²) in [6.07, 6.45) is 2.05. The molecule has 0 saturated heterocycles. The van der Waals surface area contributed by atoms with Crippen molar-refractivity contribution in [2.75, 3.05) is 6.54 Å². The van der Waals surface area contributed by atoms with Gasteiger partial charge >= 0.3 is 0 Å². The summed E-state index contributed by atoms with van der Waals surface area (Å²) in [4.78, 5) is 0. The fourth-order valence-corrected chi connectivity index (χ4v) is 2.24. The molecule has 2 aromatic rings. The zero-order valence-electron chi connectivity index (χ0n) is 12.2. The predicted molar refractivity (Wildman–Crippen MR) is 83.2 cm³/mol. The average molecular weight is 271 g/mol. The van der Waals surface area contributed by atoms with Gasteiger partial charge in [0.25, 0.3) is 0 Å². The Morgan fingerprint density at radius 3 is 2.50 bits per heavy atom. The van der Waals surface area contributed by atoms with Gasteiger partial charge < -0.3 is 5.32 Å². The smallest absolute Gasteiger partial charge is 0.128 e. The summed E-state index contributed by atoms with van der Waals surface area (Å²) in [5.74, 6) is -0.131. The van der Waals surface area contributed by atoms with Crippen LogP contribution in [0.3, 0.4) is 0 Å². The summed E-state index contributed by atoms with van der Waals surface area (Å²) in [5.41, 5.74) is 4.03. The fraction of sp³-hybridized carbons (Fsp3) is 0.333. The molecule has 0 bridgehead atoms.